The molecule has 0 bridgehead atoms. The topological polar surface area (TPSA) is 68.5 Å². The molecule has 1 amide bonds. The maximum Gasteiger partial charge on any atom is 0.272 e. The smallest absolute Gasteiger partial charge is 0.272 e. The van der Waals surface area contributed by atoms with Crippen LogP contribution < -0.4 is 5.73 Å². The molecule has 6 heteroatoms. The maximum absolute atomic E-state index is 12.2. The summed E-state index contributed by atoms with van der Waals surface area (Å²) in [5.74, 6) is -0.0620. The van der Waals surface area contributed by atoms with Crippen molar-refractivity contribution in [1.29, 1.82) is 0 Å². The molecular weight excluding hydrogens is 266 g/mol. The van der Waals surface area contributed by atoms with Crippen LogP contribution in [0.2, 0.25) is 0 Å². The van der Waals surface area contributed by atoms with Gasteiger partial charge in [0, 0.05) is 19.7 Å². The summed E-state index contributed by atoms with van der Waals surface area (Å²) in [6, 6.07) is 3.36. The molecule has 2 heterocycles. The summed E-state index contributed by atoms with van der Waals surface area (Å²) < 4.78 is 5.56. The Bertz CT molecular complexity index is 405. The Kier molecular flexibility index (Phi) is 6.05. The predicted octanol–water partition coefficient (Wildman–Crippen LogP) is 1.73. The van der Waals surface area contributed by atoms with Crippen molar-refractivity contribution < 1.29 is 9.53 Å². The van der Waals surface area contributed by atoms with Gasteiger partial charge in [-0.05, 0) is 31.9 Å². The second-order valence-electron chi connectivity index (χ2n) is 4.46. The highest BCUT2D eigenvalue weighted by Gasteiger charge is 2.22. The van der Waals surface area contributed by atoms with Crippen LogP contribution in [0.5, 0.6) is 0 Å². The third-order valence-electron chi connectivity index (χ3n) is 3.12. The molecule has 0 aliphatic carbocycles. The van der Waals surface area contributed by atoms with Crippen molar-refractivity contribution >= 4 is 24.0 Å². The summed E-state index contributed by atoms with van der Waals surface area (Å²) in [6.07, 6.45) is 3.78. The lowest BCUT2D eigenvalue weighted by molar-refractivity contribution is 0.0535. The number of aromatic nitrogens is 1. The number of ether oxygens (including phenoxy) is 1. The van der Waals surface area contributed by atoms with Gasteiger partial charge in [0.2, 0.25) is 0 Å². The Hall–Kier alpha value is -1.33. The number of nitrogen functional groups attached to an aromatic ring is 1. The Morgan fingerprint density at radius 3 is 2.89 bits per heavy atom. The van der Waals surface area contributed by atoms with Gasteiger partial charge in [0.15, 0.2) is 0 Å². The van der Waals surface area contributed by atoms with Crippen LogP contribution in [0.15, 0.2) is 18.3 Å². The van der Waals surface area contributed by atoms with Gasteiger partial charge in [0.25, 0.3) is 5.91 Å². The van der Waals surface area contributed by atoms with Crippen molar-refractivity contribution in [3.63, 3.8) is 0 Å². The third kappa shape index (κ3) is 4.08. The Labute approximate surface area is 119 Å². The number of hydrogen-bond donors (Lipinski definition) is 1. The zero-order valence-corrected chi connectivity index (χ0v) is 11.9. The number of rotatable bonds is 4. The van der Waals surface area contributed by atoms with E-state index in [1.807, 2.05) is 6.92 Å². The first-order valence-corrected chi connectivity index (χ1v) is 6.33. The lowest BCUT2D eigenvalue weighted by atomic mass is 10.2. The number of pyridine rings is 1. The molecule has 106 valence electrons. The van der Waals surface area contributed by atoms with E-state index in [9.17, 15) is 4.79 Å². The first kappa shape index (κ1) is 15.7. The fourth-order valence-corrected chi connectivity index (χ4v) is 2.08. The molecule has 0 radical (unpaired) electrons. The minimum Gasteiger partial charge on any atom is -0.397 e. The van der Waals surface area contributed by atoms with Crippen molar-refractivity contribution in [3.8, 4) is 0 Å². The van der Waals surface area contributed by atoms with Crippen molar-refractivity contribution in [1.82, 2.24) is 9.88 Å². The lowest BCUT2D eigenvalue weighted by Crippen LogP contribution is -2.37. The number of halogens is 1. The Morgan fingerprint density at radius 2 is 2.37 bits per heavy atom. The highest BCUT2D eigenvalue weighted by Crippen LogP contribution is 2.14. The molecule has 1 saturated heterocycles. The standard InChI is InChI=1S/C13H19N3O2.ClH/c1-2-16(9-11-4-3-7-18-11)13(17)12-6-5-10(14)8-15-12;/h5-6,8,11H,2-4,7,9,14H2,1H3;1H. The van der Waals surface area contributed by atoms with Crippen LogP contribution >= 0.6 is 12.4 Å². The lowest BCUT2D eigenvalue weighted by Gasteiger charge is -2.23. The van der Waals surface area contributed by atoms with Crippen LogP contribution in [-0.4, -0.2) is 41.6 Å². The van der Waals surface area contributed by atoms with Gasteiger partial charge in [0.1, 0.15) is 5.69 Å². The largest absolute Gasteiger partial charge is 0.397 e. The second-order valence-corrected chi connectivity index (χ2v) is 4.46. The van der Waals surface area contributed by atoms with Crippen molar-refractivity contribution in [2.45, 2.75) is 25.9 Å². The van der Waals surface area contributed by atoms with Crippen LogP contribution in [-0.2, 0) is 4.74 Å². The van der Waals surface area contributed by atoms with E-state index < -0.39 is 0 Å². The predicted molar refractivity (Wildman–Crippen MR) is 76.4 cm³/mol. The molecule has 2 N–H and O–H groups in total. The summed E-state index contributed by atoms with van der Waals surface area (Å²) in [7, 11) is 0. The van der Waals surface area contributed by atoms with Crippen LogP contribution in [0.25, 0.3) is 0 Å². The third-order valence-corrected chi connectivity index (χ3v) is 3.12. The molecule has 1 atom stereocenters. The fraction of sp³-hybridized carbons (Fsp3) is 0.538. The summed E-state index contributed by atoms with van der Waals surface area (Å²) in [4.78, 5) is 18.1. The second kappa shape index (κ2) is 7.31. The van der Waals surface area contributed by atoms with E-state index >= 15 is 0 Å². The van der Waals surface area contributed by atoms with E-state index in [2.05, 4.69) is 4.98 Å². The van der Waals surface area contributed by atoms with Crippen LogP contribution in [0.3, 0.4) is 0 Å². The Morgan fingerprint density at radius 1 is 1.58 bits per heavy atom. The first-order valence-electron chi connectivity index (χ1n) is 6.33. The number of likely N-dealkylation sites (N-methyl/N-ethyl adjacent to an activating group) is 1. The molecule has 2 rings (SSSR count). The van der Waals surface area contributed by atoms with Crippen molar-refractivity contribution in [3.05, 3.63) is 24.0 Å². The molecule has 1 aliphatic heterocycles. The average molecular weight is 286 g/mol. The van der Waals surface area contributed by atoms with E-state index in [1.165, 1.54) is 6.20 Å². The van der Waals surface area contributed by atoms with E-state index in [-0.39, 0.29) is 24.4 Å². The molecule has 0 saturated carbocycles. The minimum atomic E-state index is -0.0620. The molecule has 1 fully saturated rings. The van der Waals surface area contributed by atoms with Gasteiger partial charge < -0.3 is 15.4 Å². The fourth-order valence-electron chi connectivity index (χ4n) is 2.08. The molecule has 1 aromatic rings. The van der Waals surface area contributed by atoms with E-state index in [0.29, 0.717) is 24.5 Å². The molecule has 1 aromatic heterocycles. The normalized spacial score (nSPS) is 17.8. The number of hydrogen-bond acceptors (Lipinski definition) is 4. The number of amides is 1. The molecular formula is C13H20ClN3O2. The number of nitrogens with zero attached hydrogens (tertiary/aromatic N) is 2. The summed E-state index contributed by atoms with van der Waals surface area (Å²) in [5.41, 5.74) is 6.56. The summed E-state index contributed by atoms with van der Waals surface area (Å²) in [5, 5.41) is 0. The monoisotopic (exact) mass is 285 g/mol. The highest BCUT2D eigenvalue weighted by molar-refractivity contribution is 5.92. The Balaban J connectivity index is 0.00000180. The first-order chi connectivity index (χ1) is 8.70. The highest BCUT2D eigenvalue weighted by atomic mass is 35.5. The molecule has 1 aliphatic rings. The van der Waals surface area contributed by atoms with Crippen LogP contribution in [0, 0.1) is 0 Å². The van der Waals surface area contributed by atoms with Crippen molar-refractivity contribution in [2.24, 2.45) is 0 Å². The van der Waals surface area contributed by atoms with Gasteiger partial charge in [-0.3, -0.25) is 4.79 Å². The van der Waals surface area contributed by atoms with E-state index in [0.717, 1.165) is 19.4 Å². The number of carbonyl (C=O) groups is 1. The zero-order chi connectivity index (χ0) is 13.0. The van der Waals surface area contributed by atoms with Crippen molar-refractivity contribution in [2.75, 3.05) is 25.4 Å². The number of anilines is 1. The SMILES string of the molecule is CCN(CC1CCCO1)C(=O)c1ccc(N)cn1.Cl. The molecule has 5 nitrogen and oxygen atoms in total. The zero-order valence-electron chi connectivity index (χ0n) is 11.0. The van der Waals surface area contributed by atoms with Crippen LogP contribution in [0.4, 0.5) is 5.69 Å². The number of carbonyl (C=O) groups excluding carboxylic acids is 1. The minimum absolute atomic E-state index is 0. The van der Waals surface area contributed by atoms with Gasteiger partial charge in [-0.1, -0.05) is 0 Å². The van der Waals surface area contributed by atoms with Crippen LogP contribution in [0.1, 0.15) is 30.3 Å². The van der Waals surface area contributed by atoms with Gasteiger partial charge in [0.05, 0.1) is 18.0 Å². The van der Waals surface area contributed by atoms with Gasteiger partial charge in [-0.2, -0.15) is 0 Å². The van der Waals surface area contributed by atoms with Gasteiger partial charge in [-0.25, -0.2) is 4.98 Å². The van der Waals surface area contributed by atoms with E-state index in [1.54, 1.807) is 17.0 Å². The quantitative estimate of drug-likeness (QED) is 0.915. The molecule has 1 unspecified atom stereocenters. The average Bonchev–Trinajstić information content (AvgIpc) is 2.89. The molecule has 0 aromatic carbocycles. The van der Waals surface area contributed by atoms with E-state index in [4.69, 9.17) is 10.5 Å². The number of nitrogens with two attached hydrogens (primary N) is 1. The maximum atomic E-state index is 12.2. The molecule has 19 heavy (non-hydrogen) atoms. The summed E-state index contributed by atoms with van der Waals surface area (Å²) in [6.45, 7) is 4.06. The molecule has 0 spiro atoms. The van der Waals surface area contributed by atoms with Gasteiger partial charge in [-0.15, -0.1) is 12.4 Å². The van der Waals surface area contributed by atoms with Gasteiger partial charge >= 0.3 is 0 Å². The summed E-state index contributed by atoms with van der Waals surface area (Å²) >= 11 is 0.